The molecule has 4 aliphatic heterocycles. The van der Waals surface area contributed by atoms with Gasteiger partial charge in [0.25, 0.3) is 23.6 Å². The summed E-state index contributed by atoms with van der Waals surface area (Å²) in [5.74, 6) is -2.22. The van der Waals surface area contributed by atoms with Crippen molar-refractivity contribution in [1.29, 1.82) is 0 Å². The predicted octanol–water partition coefficient (Wildman–Crippen LogP) is 9.36. The van der Waals surface area contributed by atoms with Gasteiger partial charge in [0.05, 0.1) is 80.7 Å². The van der Waals surface area contributed by atoms with Crippen LogP contribution in [-0.2, 0) is 70.9 Å². The molecule has 11 rings (SSSR count). The van der Waals surface area contributed by atoms with E-state index in [2.05, 4.69) is 0 Å². The first-order valence-corrected chi connectivity index (χ1v) is 26.0. The number of nitrogens with zero attached hydrogens (tertiary/aromatic N) is 2. The molecule has 0 unspecified atom stereocenters. The number of carbonyl (C=O) groups excluding carboxylic acids is 4. The molecule has 0 saturated carbocycles. The molecule has 0 bridgehead atoms. The Labute approximate surface area is 446 Å². The number of hydrogen-bond acceptors (Lipinski definition) is 12. The number of imide groups is 2. The van der Waals surface area contributed by atoms with Crippen LogP contribution in [0.15, 0.2) is 200 Å². The first kappa shape index (κ1) is 51.6. The van der Waals surface area contributed by atoms with Crippen molar-refractivity contribution in [2.45, 2.75) is 94.6 Å². The average Bonchev–Trinajstić information content (AvgIpc) is 3.88. The Bertz CT molecular complexity index is 3040. The Morgan fingerprint density at radius 1 is 0.377 bits per heavy atom. The molecule has 0 N–H and O–H groups in total. The van der Waals surface area contributed by atoms with Crippen molar-refractivity contribution in [3.8, 4) is 0 Å². The molecule has 77 heavy (non-hydrogen) atoms. The first-order valence-electron chi connectivity index (χ1n) is 26.0. The Hall–Kier alpha value is -7.50. The third-order valence-electron chi connectivity index (χ3n) is 14.3. The van der Waals surface area contributed by atoms with Gasteiger partial charge in [-0.15, -0.1) is 0 Å². The number of carbonyl (C=O) groups is 4. The van der Waals surface area contributed by atoms with E-state index in [0.29, 0.717) is 0 Å². The summed E-state index contributed by atoms with van der Waals surface area (Å²) in [5.41, 5.74) is 5.21. The first-order chi connectivity index (χ1) is 37.9. The van der Waals surface area contributed by atoms with E-state index in [4.69, 9.17) is 37.9 Å². The average molecular weight is 1040 g/mol. The number of hydrogen-bond donors (Lipinski definition) is 0. The lowest BCUT2D eigenvalue weighted by molar-refractivity contribution is -0.341. The Balaban J connectivity index is 1.03. The minimum Gasteiger partial charge on any atom is -0.374 e. The van der Waals surface area contributed by atoms with Gasteiger partial charge in [-0.3, -0.25) is 29.0 Å². The van der Waals surface area contributed by atoms with Crippen LogP contribution < -0.4 is 0 Å². The fourth-order valence-corrected chi connectivity index (χ4v) is 10.5. The molecule has 0 aromatic heterocycles. The van der Waals surface area contributed by atoms with Crippen LogP contribution in [0.5, 0.6) is 0 Å². The van der Waals surface area contributed by atoms with Crippen LogP contribution in [0.25, 0.3) is 0 Å². The predicted molar refractivity (Wildman–Crippen MR) is 282 cm³/mol. The van der Waals surface area contributed by atoms with Crippen LogP contribution in [0.2, 0.25) is 0 Å². The van der Waals surface area contributed by atoms with Crippen molar-refractivity contribution in [2.75, 3.05) is 13.2 Å². The fourth-order valence-electron chi connectivity index (χ4n) is 10.5. The van der Waals surface area contributed by atoms with E-state index in [9.17, 15) is 19.2 Å². The van der Waals surface area contributed by atoms with Gasteiger partial charge >= 0.3 is 0 Å². The van der Waals surface area contributed by atoms with Gasteiger partial charge in [0, 0.05) is 6.42 Å². The minimum atomic E-state index is -1.45. The lowest BCUT2D eigenvalue weighted by Crippen LogP contribution is -2.69. The lowest BCUT2D eigenvalue weighted by Gasteiger charge is -2.51. The maximum Gasteiger partial charge on any atom is 0.262 e. The van der Waals surface area contributed by atoms with Crippen molar-refractivity contribution in [1.82, 2.24) is 9.80 Å². The van der Waals surface area contributed by atoms with Crippen molar-refractivity contribution in [3.05, 3.63) is 250 Å². The second-order valence-electron chi connectivity index (χ2n) is 19.4. The quantitative estimate of drug-likeness (QED) is 0.0632. The highest BCUT2D eigenvalue weighted by molar-refractivity contribution is 6.22. The van der Waals surface area contributed by atoms with E-state index in [1.165, 1.54) is 4.90 Å². The zero-order chi connectivity index (χ0) is 52.5. The van der Waals surface area contributed by atoms with E-state index in [1.54, 1.807) is 48.5 Å². The van der Waals surface area contributed by atoms with Crippen molar-refractivity contribution < 1.29 is 57.1 Å². The summed E-state index contributed by atoms with van der Waals surface area (Å²) >= 11 is 0. The van der Waals surface area contributed by atoms with Crippen LogP contribution in [0.3, 0.4) is 0 Å². The van der Waals surface area contributed by atoms with Gasteiger partial charge < -0.3 is 37.9 Å². The maximum atomic E-state index is 14.9. The van der Waals surface area contributed by atoms with Gasteiger partial charge in [-0.1, -0.05) is 176 Å². The zero-order valence-electron chi connectivity index (χ0n) is 42.2. The van der Waals surface area contributed by atoms with Crippen LogP contribution in [-0.4, -0.2) is 102 Å². The molecule has 14 heteroatoms. The van der Waals surface area contributed by atoms with Gasteiger partial charge in [0.15, 0.2) is 12.6 Å². The molecule has 7 aromatic carbocycles. The number of fused-ring (bicyclic) bond motifs is 2. The molecule has 0 spiro atoms. The van der Waals surface area contributed by atoms with E-state index in [1.807, 2.05) is 152 Å². The molecule has 2 fully saturated rings. The highest BCUT2D eigenvalue weighted by atomic mass is 16.7. The van der Waals surface area contributed by atoms with Gasteiger partial charge in [-0.05, 0) is 52.1 Å². The summed E-state index contributed by atoms with van der Waals surface area (Å²) in [6, 6.07) is 58.9. The van der Waals surface area contributed by atoms with Gasteiger partial charge in [-0.2, -0.15) is 0 Å². The minimum absolute atomic E-state index is 0.000154. The van der Waals surface area contributed by atoms with Gasteiger partial charge in [-0.25, -0.2) is 0 Å². The standard InChI is InChI=1S/C63H58N2O12/c66-58-48-30-16-17-31-49(48)59(67)64(58)54-52(72-37-44-24-10-3-11-25-44)34-47(40-70-35-42-20-6-1-7-21-42)75-63(54)77-56-53(41-71-36-43-22-8-2-9-23-43)76-62(74-39-46-28-14-5-15-29-46)55(57(56)73-38-45-26-12-4-13-27-45)65-60(68)50-32-18-19-33-51(50)61(65)69/h1-33,47,52-57,62-63H,34-41H2/t47-,52-,53+,54+,55+,56+,57+,62+,63-/m0/s1. The number of amides is 4. The summed E-state index contributed by atoms with van der Waals surface area (Å²) in [5, 5.41) is 0. The Morgan fingerprint density at radius 3 is 1.21 bits per heavy atom. The monoisotopic (exact) mass is 1030 g/mol. The molecule has 7 aromatic rings. The molecular weight excluding hydrogens is 977 g/mol. The number of benzene rings is 7. The number of ether oxygens (including phenoxy) is 8. The molecule has 9 atom stereocenters. The SMILES string of the molecule is O=C1c2ccccc2C(=O)N1[C@H]1[C@H](OCc2ccccc2)O[C@H](COCc2ccccc2)[C@@H](O[C@@H]2O[C@H](COCc3ccccc3)C[C@H](OCc3ccccc3)[C@H]2N2C(=O)c3ccccc3C2=O)[C@@H]1OCc1ccccc1. The van der Waals surface area contributed by atoms with E-state index in [-0.39, 0.29) is 74.9 Å². The summed E-state index contributed by atoms with van der Waals surface area (Å²) < 4.78 is 55.1. The molecule has 0 radical (unpaired) electrons. The second-order valence-corrected chi connectivity index (χ2v) is 19.4. The van der Waals surface area contributed by atoms with Gasteiger partial charge in [0.1, 0.15) is 30.4 Å². The molecule has 4 heterocycles. The highest BCUT2D eigenvalue weighted by Gasteiger charge is 2.58. The van der Waals surface area contributed by atoms with Crippen LogP contribution in [0.1, 0.15) is 75.7 Å². The number of rotatable bonds is 21. The maximum absolute atomic E-state index is 14.9. The Kier molecular flexibility index (Phi) is 16.2. The summed E-state index contributed by atoms with van der Waals surface area (Å²) in [6.07, 6.45) is -7.69. The Morgan fingerprint density at radius 2 is 0.753 bits per heavy atom. The van der Waals surface area contributed by atoms with Crippen LogP contribution in [0, 0.1) is 0 Å². The van der Waals surface area contributed by atoms with Crippen molar-refractivity contribution in [2.24, 2.45) is 0 Å². The molecule has 4 amide bonds. The molecular formula is C63H58N2O12. The van der Waals surface area contributed by atoms with Gasteiger partial charge in [0.2, 0.25) is 0 Å². The molecule has 2 saturated heterocycles. The molecule has 392 valence electrons. The van der Waals surface area contributed by atoms with Crippen molar-refractivity contribution in [3.63, 3.8) is 0 Å². The van der Waals surface area contributed by atoms with E-state index < -0.39 is 78.8 Å². The third kappa shape index (κ3) is 11.6. The smallest absolute Gasteiger partial charge is 0.262 e. The van der Waals surface area contributed by atoms with E-state index in [0.717, 1.165) is 32.7 Å². The van der Waals surface area contributed by atoms with Crippen LogP contribution in [0.4, 0.5) is 0 Å². The second kappa shape index (κ2) is 24.2. The topological polar surface area (TPSA) is 149 Å². The largest absolute Gasteiger partial charge is 0.374 e. The zero-order valence-corrected chi connectivity index (χ0v) is 42.2. The van der Waals surface area contributed by atoms with Crippen LogP contribution >= 0.6 is 0 Å². The molecule has 0 aliphatic carbocycles. The summed E-state index contributed by atoms with van der Waals surface area (Å²) in [4.78, 5) is 61.7. The molecule has 14 nitrogen and oxygen atoms in total. The molecule has 4 aliphatic rings. The lowest BCUT2D eigenvalue weighted by atomic mass is 9.93. The fraction of sp³-hybridized carbons (Fsp3) is 0.270. The third-order valence-corrected chi connectivity index (χ3v) is 14.3. The highest BCUT2D eigenvalue weighted by Crippen LogP contribution is 2.40. The normalized spacial score (nSPS) is 24.0. The summed E-state index contributed by atoms with van der Waals surface area (Å²) in [7, 11) is 0. The van der Waals surface area contributed by atoms with Crippen molar-refractivity contribution >= 4 is 23.6 Å². The van der Waals surface area contributed by atoms with E-state index >= 15 is 0 Å². The summed E-state index contributed by atoms with van der Waals surface area (Å²) in [6.45, 7) is 0.617.